The van der Waals surface area contributed by atoms with E-state index in [1.54, 1.807) is 0 Å². The Bertz CT molecular complexity index is 813. The van der Waals surface area contributed by atoms with E-state index >= 15 is 0 Å². The third-order valence-electron chi connectivity index (χ3n) is 5.28. The number of pyridine rings is 1. The molecule has 2 aliphatic heterocycles. The normalized spacial score (nSPS) is 24.0. The molecule has 2 N–H and O–H groups in total. The van der Waals surface area contributed by atoms with E-state index in [1.807, 2.05) is 36.1 Å². The minimum Gasteiger partial charge on any atom is -0.331 e. The number of aromatic amines is 1. The summed E-state index contributed by atoms with van der Waals surface area (Å²) in [6.07, 6.45) is 3.03. The third kappa shape index (κ3) is 2.27. The van der Waals surface area contributed by atoms with E-state index < -0.39 is 0 Å². The molecule has 1 amide bonds. The first-order valence-electron chi connectivity index (χ1n) is 8.32. The van der Waals surface area contributed by atoms with Gasteiger partial charge in [0, 0.05) is 29.5 Å². The molecule has 2 bridgehead atoms. The van der Waals surface area contributed by atoms with Gasteiger partial charge in [0.2, 0.25) is 0 Å². The van der Waals surface area contributed by atoms with Gasteiger partial charge in [0.1, 0.15) is 5.56 Å². The summed E-state index contributed by atoms with van der Waals surface area (Å²) in [6.45, 7) is 3.65. The van der Waals surface area contributed by atoms with E-state index in [1.165, 1.54) is 0 Å². The van der Waals surface area contributed by atoms with Crippen LogP contribution < -0.4 is 10.9 Å². The lowest BCUT2D eigenvalue weighted by Crippen LogP contribution is -2.44. The molecule has 23 heavy (non-hydrogen) atoms. The zero-order chi connectivity index (χ0) is 16.0. The number of benzene rings is 1. The molecule has 0 radical (unpaired) electrons. The SMILES string of the molecule is Cc1c(C(=O)N2C3CCNCC2CC3)c(=O)[nH]c2ccccc12. The second kappa shape index (κ2) is 5.49. The molecule has 2 fully saturated rings. The molecular weight excluding hydrogens is 290 g/mol. The number of H-pyrrole nitrogens is 1. The second-order valence-corrected chi connectivity index (χ2v) is 6.59. The highest BCUT2D eigenvalue weighted by molar-refractivity contribution is 6.00. The number of fused-ring (bicyclic) bond motifs is 3. The van der Waals surface area contributed by atoms with E-state index in [-0.39, 0.29) is 23.6 Å². The summed E-state index contributed by atoms with van der Waals surface area (Å²) in [5.41, 5.74) is 1.60. The molecule has 2 aromatic rings. The Hall–Kier alpha value is -2.14. The lowest BCUT2D eigenvalue weighted by atomic mass is 10.0. The van der Waals surface area contributed by atoms with Crippen molar-refractivity contribution < 1.29 is 4.79 Å². The minimum absolute atomic E-state index is 0.106. The molecule has 3 heterocycles. The molecule has 0 saturated carbocycles. The average molecular weight is 311 g/mol. The Labute approximate surface area is 134 Å². The van der Waals surface area contributed by atoms with Gasteiger partial charge in [-0.05, 0) is 44.4 Å². The maximum absolute atomic E-state index is 13.2. The standard InChI is InChI=1S/C18H21N3O2/c1-11-14-4-2-3-5-15(14)20-17(22)16(11)18(23)21-12-6-7-13(21)10-19-9-8-12/h2-5,12-13,19H,6-10H2,1H3,(H,20,22). The quantitative estimate of drug-likeness (QED) is 0.844. The van der Waals surface area contributed by atoms with Crippen LogP contribution in [-0.4, -0.2) is 41.0 Å². The number of aryl methyl sites for hydroxylation is 1. The van der Waals surface area contributed by atoms with Crippen LogP contribution in [0.4, 0.5) is 0 Å². The molecule has 1 aromatic carbocycles. The summed E-state index contributed by atoms with van der Waals surface area (Å²) in [4.78, 5) is 30.5. The molecule has 0 aliphatic carbocycles. The molecule has 0 spiro atoms. The molecule has 2 aliphatic rings. The van der Waals surface area contributed by atoms with Gasteiger partial charge >= 0.3 is 0 Å². The minimum atomic E-state index is -0.275. The van der Waals surface area contributed by atoms with Crippen LogP contribution in [0.2, 0.25) is 0 Å². The first-order chi connectivity index (χ1) is 11.2. The topological polar surface area (TPSA) is 65.2 Å². The lowest BCUT2D eigenvalue weighted by Gasteiger charge is -2.28. The maximum Gasteiger partial charge on any atom is 0.261 e. The highest BCUT2D eigenvalue weighted by Gasteiger charge is 2.39. The summed E-state index contributed by atoms with van der Waals surface area (Å²) in [5.74, 6) is -0.106. The van der Waals surface area contributed by atoms with Gasteiger partial charge in [-0.2, -0.15) is 0 Å². The predicted molar refractivity (Wildman–Crippen MR) is 89.8 cm³/mol. The highest BCUT2D eigenvalue weighted by Crippen LogP contribution is 2.30. The van der Waals surface area contributed by atoms with Gasteiger partial charge in [-0.1, -0.05) is 18.2 Å². The first-order valence-corrected chi connectivity index (χ1v) is 8.32. The summed E-state index contributed by atoms with van der Waals surface area (Å²) in [6, 6.07) is 8.11. The van der Waals surface area contributed by atoms with E-state index in [0.29, 0.717) is 5.56 Å². The van der Waals surface area contributed by atoms with E-state index in [4.69, 9.17) is 0 Å². The summed E-state index contributed by atoms with van der Waals surface area (Å²) >= 11 is 0. The maximum atomic E-state index is 13.2. The first kappa shape index (κ1) is 14.5. The van der Waals surface area contributed by atoms with Crippen molar-refractivity contribution in [3.8, 4) is 0 Å². The Balaban J connectivity index is 1.82. The van der Waals surface area contributed by atoms with Crippen LogP contribution in [0.3, 0.4) is 0 Å². The van der Waals surface area contributed by atoms with E-state index in [9.17, 15) is 9.59 Å². The number of amides is 1. The van der Waals surface area contributed by atoms with Gasteiger partial charge in [-0.25, -0.2) is 0 Å². The molecule has 120 valence electrons. The smallest absolute Gasteiger partial charge is 0.261 e. The van der Waals surface area contributed by atoms with Crippen LogP contribution >= 0.6 is 0 Å². The fourth-order valence-corrected chi connectivity index (χ4v) is 4.11. The number of carbonyl (C=O) groups excluding carboxylic acids is 1. The van der Waals surface area contributed by atoms with Gasteiger partial charge in [-0.15, -0.1) is 0 Å². The van der Waals surface area contributed by atoms with Crippen LogP contribution in [0.1, 0.15) is 35.2 Å². The Morgan fingerprint density at radius 3 is 2.83 bits per heavy atom. The molecule has 4 rings (SSSR count). The van der Waals surface area contributed by atoms with Gasteiger partial charge < -0.3 is 15.2 Å². The molecule has 2 unspecified atom stereocenters. The zero-order valence-electron chi connectivity index (χ0n) is 13.3. The second-order valence-electron chi connectivity index (χ2n) is 6.59. The van der Waals surface area contributed by atoms with Crippen LogP contribution in [0.5, 0.6) is 0 Å². The van der Waals surface area contributed by atoms with Crippen LogP contribution in [0, 0.1) is 6.92 Å². The van der Waals surface area contributed by atoms with Crippen molar-refractivity contribution in [1.29, 1.82) is 0 Å². The van der Waals surface area contributed by atoms with Crippen molar-refractivity contribution in [1.82, 2.24) is 15.2 Å². The number of nitrogens with zero attached hydrogens (tertiary/aromatic N) is 1. The molecule has 5 heteroatoms. The number of hydrogen-bond acceptors (Lipinski definition) is 3. The summed E-state index contributed by atoms with van der Waals surface area (Å²) < 4.78 is 0. The predicted octanol–water partition coefficient (Wildman–Crippen LogP) is 1.80. The van der Waals surface area contributed by atoms with Gasteiger partial charge in [-0.3, -0.25) is 9.59 Å². The molecule has 2 saturated heterocycles. The number of rotatable bonds is 1. The largest absolute Gasteiger partial charge is 0.331 e. The fraction of sp³-hybridized carbons (Fsp3) is 0.444. The molecule has 2 atom stereocenters. The van der Waals surface area contributed by atoms with Gasteiger partial charge in [0.05, 0.1) is 0 Å². The van der Waals surface area contributed by atoms with E-state index in [2.05, 4.69) is 10.3 Å². The summed E-state index contributed by atoms with van der Waals surface area (Å²) in [7, 11) is 0. The van der Waals surface area contributed by atoms with Crippen LogP contribution in [0.25, 0.3) is 10.9 Å². The van der Waals surface area contributed by atoms with Crippen molar-refractivity contribution in [3.05, 3.63) is 45.7 Å². The Morgan fingerprint density at radius 2 is 1.96 bits per heavy atom. The molecular formula is C18H21N3O2. The van der Waals surface area contributed by atoms with Crippen molar-refractivity contribution in [2.24, 2.45) is 0 Å². The van der Waals surface area contributed by atoms with Crippen molar-refractivity contribution in [2.75, 3.05) is 13.1 Å². The number of aromatic nitrogens is 1. The number of nitrogens with one attached hydrogen (secondary N) is 2. The Morgan fingerprint density at radius 1 is 1.17 bits per heavy atom. The number of hydrogen-bond donors (Lipinski definition) is 2. The van der Waals surface area contributed by atoms with Gasteiger partial charge in [0.25, 0.3) is 11.5 Å². The third-order valence-corrected chi connectivity index (χ3v) is 5.28. The number of carbonyl (C=O) groups is 1. The summed E-state index contributed by atoms with van der Waals surface area (Å²) in [5, 5.41) is 4.33. The number of para-hydroxylation sites is 1. The average Bonchev–Trinajstić information content (AvgIpc) is 2.80. The Kier molecular flexibility index (Phi) is 3.45. The van der Waals surface area contributed by atoms with Gasteiger partial charge in [0.15, 0.2) is 0 Å². The monoisotopic (exact) mass is 311 g/mol. The van der Waals surface area contributed by atoms with E-state index in [0.717, 1.165) is 48.8 Å². The fourth-order valence-electron chi connectivity index (χ4n) is 4.11. The van der Waals surface area contributed by atoms with Crippen LogP contribution in [0.15, 0.2) is 29.1 Å². The van der Waals surface area contributed by atoms with Crippen LogP contribution in [-0.2, 0) is 0 Å². The zero-order valence-corrected chi connectivity index (χ0v) is 13.3. The van der Waals surface area contributed by atoms with Crippen molar-refractivity contribution in [2.45, 2.75) is 38.3 Å². The molecule has 5 nitrogen and oxygen atoms in total. The highest BCUT2D eigenvalue weighted by atomic mass is 16.2. The lowest BCUT2D eigenvalue weighted by molar-refractivity contribution is 0.0678. The van der Waals surface area contributed by atoms with Crippen molar-refractivity contribution in [3.63, 3.8) is 0 Å². The van der Waals surface area contributed by atoms with Crippen molar-refractivity contribution >= 4 is 16.8 Å². The molecule has 1 aromatic heterocycles.